The van der Waals surface area contributed by atoms with Gasteiger partial charge in [-0.1, -0.05) is 0 Å². The van der Waals surface area contributed by atoms with Gasteiger partial charge in [0.1, 0.15) is 0 Å². The van der Waals surface area contributed by atoms with Gasteiger partial charge in [-0.3, -0.25) is 0 Å². The molecule has 0 bridgehead atoms. The molecule has 2 rings (SSSR count). The van der Waals surface area contributed by atoms with Crippen LogP contribution in [-0.4, -0.2) is 31.3 Å². The summed E-state index contributed by atoms with van der Waals surface area (Å²) in [5.74, 6) is 0.641. The fraction of sp³-hybridized carbons (Fsp3) is 0.583. The third-order valence-corrected chi connectivity index (χ3v) is 2.76. The SMILES string of the molecule is COc1cc(NCCC2CCCO2)ccn1. The van der Waals surface area contributed by atoms with Crippen LogP contribution in [0, 0.1) is 0 Å². The fourth-order valence-electron chi connectivity index (χ4n) is 1.88. The Morgan fingerprint density at radius 2 is 2.56 bits per heavy atom. The van der Waals surface area contributed by atoms with E-state index < -0.39 is 0 Å². The largest absolute Gasteiger partial charge is 0.481 e. The van der Waals surface area contributed by atoms with Gasteiger partial charge in [-0.15, -0.1) is 0 Å². The van der Waals surface area contributed by atoms with Gasteiger partial charge in [-0.2, -0.15) is 0 Å². The first-order chi connectivity index (χ1) is 7.88. The van der Waals surface area contributed by atoms with Crippen LogP contribution in [0.4, 0.5) is 5.69 Å². The second-order valence-corrected chi connectivity index (χ2v) is 3.94. The smallest absolute Gasteiger partial charge is 0.214 e. The first kappa shape index (κ1) is 11.2. The van der Waals surface area contributed by atoms with Crippen LogP contribution in [0.15, 0.2) is 18.3 Å². The van der Waals surface area contributed by atoms with Crippen LogP contribution in [0.3, 0.4) is 0 Å². The molecule has 0 saturated carbocycles. The molecule has 2 heterocycles. The number of methoxy groups -OCH3 is 1. The minimum atomic E-state index is 0.441. The summed E-state index contributed by atoms with van der Waals surface area (Å²) in [6.07, 6.45) is 5.64. The lowest BCUT2D eigenvalue weighted by Crippen LogP contribution is -2.12. The Labute approximate surface area is 96.0 Å². The third-order valence-electron chi connectivity index (χ3n) is 2.76. The maximum Gasteiger partial charge on any atom is 0.214 e. The molecule has 1 aliphatic rings. The molecule has 0 amide bonds. The second kappa shape index (κ2) is 5.70. The van der Waals surface area contributed by atoms with E-state index in [1.165, 1.54) is 12.8 Å². The summed E-state index contributed by atoms with van der Waals surface area (Å²) >= 11 is 0. The number of rotatable bonds is 5. The van der Waals surface area contributed by atoms with Crippen LogP contribution in [0.1, 0.15) is 19.3 Å². The van der Waals surface area contributed by atoms with Gasteiger partial charge in [0.2, 0.25) is 5.88 Å². The molecule has 1 aromatic rings. The number of aromatic nitrogens is 1. The molecule has 1 aliphatic heterocycles. The zero-order valence-electron chi connectivity index (χ0n) is 9.61. The number of ether oxygens (including phenoxy) is 2. The highest BCUT2D eigenvalue weighted by atomic mass is 16.5. The van der Waals surface area contributed by atoms with E-state index in [-0.39, 0.29) is 0 Å². The van der Waals surface area contributed by atoms with Crippen LogP contribution >= 0.6 is 0 Å². The average molecular weight is 222 g/mol. The van der Waals surface area contributed by atoms with Crippen molar-refractivity contribution >= 4 is 5.69 Å². The Morgan fingerprint density at radius 3 is 3.31 bits per heavy atom. The molecular formula is C12H18N2O2. The standard InChI is InChI=1S/C12H18N2O2/c1-15-12-9-10(4-6-14-12)13-7-5-11-3-2-8-16-11/h4,6,9,11H,2-3,5,7-8H2,1H3,(H,13,14). The molecule has 0 aliphatic carbocycles. The number of nitrogens with one attached hydrogen (secondary N) is 1. The Morgan fingerprint density at radius 1 is 1.62 bits per heavy atom. The van der Waals surface area contributed by atoms with Crippen molar-refractivity contribution in [2.75, 3.05) is 25.6 Å². The molecule has 4 nitrogen and oxygen atoms in total. The van der Waals surface area contributed by atoms with Crippen LogP contribution in [0.5, 0.6) is 5.88 Å². The van der Waals surface area contributed by atoms with Crippen molar-refractivity contribution in [3.63, 3.8) is 0 Å². The number of hydrogen-bond acceptors (Lipinski definition) is 4. The molecule has 1 aromatic heterocycles. The summed E-state index contributed by atoms with van der Waals surface area (Å²) in [5.41, 5.74) is 1.05. The molecule has 16 heavy (non-hydrogen) atoms. The lowest BCUT2D eigenvalue weighted by molar-refractivity contribution is 0.107. The molecule has 0 radical (unpaired) electrons. The maximum atomic E-state index is 5.56. The maximum absolute atomic E-state index is 5.56. The second-order valence-electron chi connectivity index (χ2n) is 3.94. The molecule has 4 heteroatoms. The first-order valence-corrected chi connectivity index (χ1v) is 5.74. The van der Waals surface area contributed by atoms with Gasteiger partial charge in [-0.05, 0) is 25.3 Å². The highest BCUT2D eigenvalue weighted by Gasteiger charge is 2.14. The molecule has 0 spiro atoms. The van der Waals surface area contributed by atoms with E-state index in [1.807, 2.05) is 12.1 Å². The fourth-order valence-corrected chi connectivity index (χ4v) is 1.88. The summed E-state index contributed by atoms with van der Waals surface area (Å²) in [4.78, 5) is 4.06. The molecule has 1 N–H and O–H groups in total. The van der Waals surface area contributed by atoms with E-state index in [0.29, 0.717) is 12.0 Å². The Kier molecular flexibility index (Phi) is 3.99. The zero-order chi connectivity index (χ0) is 11.2. The Bertz CT molecular complexity index is 325. The first-order valence-electron chi connectivity index (χ1n) is 5.74. The molecule has 0 aromatic carbocycles. The van der Waals surface area contributed by atoms with Gasteiger partial charge >= 0.3 is 0 Å². The number of anilines is 1. The average Bonchev–Trinajstić information content (AvgIpc) is 2.82. The predicted molar refractivity (Wildman–Crippen MR) is 62.9 cm³/mol. The van der Waals surface area contributed by atoms with Crippen molar-refractivity contribution in [2.24, 2.45) is 0 Å². The lowest BCUT2D eigenvalue weighted by atomic mass is 10.2. The molecule has 1 atom stereocenters. The van der Waals surface area contributed by atoms with E-state index in [1.54, 1.807) is 13.3 Å². The van der Waals surface area contributed by atoms with Gasteiger partial charge in [0.15, 0.2) is 0 Å². The van der Waals surface area contributed by atoms with Gasteiger partial charge in [0.05, 0.1) is 13.2 Å². The van der Waals surface area contributed by atoms with Crippen molar-refractivity contribution in [3.05, 3.63) is 18.3 Å². The van der Waals surface area contributed by atoms with E-state index in [0.717, 1.165) is 25.3 Å². The van der Waals surface area contributed by atoms with Crippen LogP contribution in [0.2, 0.25) is 0 Å². The lowest BCUT2D eigenvalue weighted by Gasteiger charge is -2.11. The molecular weight excluding hydrogens is 204 g/mol. The monoisotopic (exact) mass is 222 g/mol. The van der Waals surface area contributed by atoms with Crippen molar-refractivity contribution in [2.45, 2.75) is 25.4 Å². The molecule has 88 valence electrons. The van der Waals surface area contributed by atoms with Gasteiger partial charge < -0.3 is 14.8 Å². The van der Waals surface area contributed by atoms with Gasteiger partial charge in [-0.25, -0.2) is 4.98 Å². The zero-order valence-corrected chi connectivity index (χ0v) is 9.61. The van der Waals surface area contributed by atoms with E-state index in [9.17, 15) is 0 Å². The summed E-state index contributed by atoms with van der Waals surface area (Å²) in [7, 11) is 1.62. The Hall–Kier alpha value is -1.29. The van der Waals surface area contributed by atoms with Crippen molar-refractivity contribution in [3.8, 4) is 5.88 Å². The predicted octanol–water partition coefficient (Wildman–Crippen LogP) is 2.07. The van der Waals surface area contributed by atoms with E-state index >= 15 is 0 Å². The van der Waals surface area contributed by atoms with Gasteiger partial charge in [0.25, 0.3) is 0 Å². The Balaban J connectivity index is 1.75. The number of hydrogen-bond donors (Lipinski definition) is 1. The minimum absolute atomic E-state index is 0.441. The highest BCUT2D eigenvalue weighted by Crippen LogP contribution is 2.17. The van der Waals surface area contributed by atoms with Crippen molar-refractivity contribution < 1.29 is 9.47 Å². The molecule has 1 saturated heterocycles. The summed E-state index contributed by atoms with van der Waals surface area (Å²) in [6.45, 7) is 1.85. The van der Waals surface area contributed by atoms with Crippen molar-refractivity contribution in [1.82, 2.24) is 4.98 Å². The highest BCUT2D eigenvalue weighted by molar-refractivity contribution is 5.44. The van der Waals surface area contributed by atoms with E-state index in [4.69, 9.17) is 9.47 Å². The van der Waals surface area contributed by atoms with Crippen molar-refractivity contribution in [1.29, 1.82) is 0 Å². The van der Waals surface area contributed by atoms with E-state index in [2.05, 4.69) is 10.3 Å². The van der Waals surface area contributed by atoms with Crippen LogP contribution in [-0.2, 0) is 4.74 Å². The normalized spacial score (nSPS) is 19.7. The quantitative estimate of drug-likeness (QED) is 0.828. The van der Waals surface area contributed by atoms with Crippen LogP contribution in [0.25, 0.3) is 0 Å². The summed E-state index contributed by atoms with van der Waals surface area (Å²) in [5, 5.41) is 3.35. The molecule has 1 unspecified atom stereocenters. The summed E-state index contributed by atoms with van der Waals surface area (Å²) < 4.78 is 10.6. The number of pyridine rings is 1. The topological polar surface area (TPSA) is 43.4 Å². The van der Waals surface area contributed by atoms with Gasteiger partial charge in [0, 0.05) is 31.1 Å². The number of nitrogens with zero attached hydrogens (tertiary/aromatic N) is 1. The molecule has 1 fully saturated rings. The van der Waals surface area contributed by atoms with Crippen LogP contribution < -0.4 is 10.1 Å². The third kappa shape index (κ3) is 3.10. The minimum Gasteiger partial charge on any atom is -0.481 e. The summed E-state index contributed by atoms with van der Waals surface area (Å²) in [6, 6.07) is 3.84.